The van der Waals surface area contributed by atoms with E-state index in [-0.39, 0.29) is 28.7 Å². The minimum Gasteiger partial charge on any atom is -0.495 e. The maximum Gasteiger partial charge on any atom is 0.321 e. The Bertz CT molecular complexity index is 614. The zero-order chi connectivity index (χ0) is 16.0. The molecule has 0 aliphatic heterocycles. The molecule has 8 nitrogen and oxygen atoms in total. The Morgan fingerprint density at radius 3 is 2.38 bits per heavy atom. The molecule has 9 heteroatoms. The van der Waals surface area contributed by atoms with Crippen LogP contribution in [0.2, 0.25) is 0 Å². The Balaban J connectivity index is 3.07. The Kier molecular flexibility index (Phi) is 5.79. The number of hydrogen-bond acceptors (Lipinski definition) is 7. The van der Waals surface area contributed by atoms with E-state index >= 15 is 0 Å². The molecule has 0 aromatic heterocycles. The van der Waals surface area contributed by atoms with Gasteiger partial charge in [-0.25, -0.2) is 8.42 Å². The van der Waals surface area contributed by atoms with Gasteiger partial charge in [0.15, 0.2) is 0 Å². The van der Waals surface area contributed by atoms with E-state index in [2.05, 4.69) is 9.46 Å². The number of carbonyl (C=O) groups is 1. The molecule has 0 amide bonds. The van der Waals surface area contributed by atoms with Gasteiger partial charge in [0, 0.05) is 6.07 Å². The van der Waals surface area contributed by atoms with Gasteiger partial charge in [-0.05, 0) is 13.0 Å². The quantitative estimate of drug-likeness (QED) is 0.542. The minimum atomic E-state index is -3.98. The zero-order valence-corrected chi connectivity index (χ0v) is 12.8. The molecule has 1 aromatic carbocycles. The van der Waals surface area contributed by atoms with E-state index in [1.165, 1.54) is 26.4 Å². The van der Waals surface area contributed by atoms with Crippen molar-refractivity contribution in [1.29, 1.82) is 0 Å². The second-order valence-corrected chi connectivity index (χ2v) is 5.61. The van der Waals surface area contributed by atoms with Crippen LogP contribution >= 0.6 is 0 Å². The Hall–Kier alpha value is -2.00. The molecule has 118 valence electrons. The average Bonchev–Trinajstić information content (AvgIpc) is 2.45. The number of nitrogen functional groups attached to an aromatic ring is 1. The Labute approximate surface area is 123 Å². The van der Waals surface area contributed by atoms with Gasteiger partial charge in [-0.2, -0.15) is 4.72 Å². The van der Waals surface area contributed by atoms with Crippen molar-refractivity contribution in [2.24, 2.45) is 0 Å². The van der Waals surface area contributed by atoms with Gasteiger partial charge in [0.05, 0.1) is 26.5 Å². The fraction of sp³-hybridized carbons (Fsp3) is 0.417. The summed E-state index contributed by atoms with van der Waals surface area (Å²) in [7, 11) is -1.26. The number of nitrogens with two attached hydrogens (primary N) is 1. The van der Waals surface area contributed by atoms with Gasteiger partial charge in [-0.1, -0.05) is 0 Å². The molecular weight excluding hydrogens is 300 g/mol. The van der Waals surface area contributed by atoms with Gasteiger partial charge in [-0.15, -0.1) is 0 Å². The van der Waals surface area contributed by atoms with Gasteiger partial charge in [0.25, 0.3) is 0 Å². The van der Waals surface area contributed by atoms with E-state index in [1.807, 2.05) is 0 Å². The summed E-state index contributed by atoms with van der Waals surface area (Å²) in [6.07, 6.45) is 0. The first-order chi connectivity index (χ1) is 9.85. The zero-order valence-electron chi connectivity index (χ0n) is 12.0. The van der Waals surface area contributed by atoms with Crippen LogP contribution in [0.15, 0.2) is 17.0 Å². The molecule has 0 aliphatic carbocycles. The molecule has 0 saturated heterocycles. The van der Waals surface area contributed by atoms with Crippen molar-refractivity contribution in [1.82, 2.24) is 4.72 Å². The highest BCUT2D eigenvalue weighted by Gasteiger charge is 2.22. The van der Waals surface area contributed by atoms with Crippen molar-refractivity contribution in [2.75, 3.05) is 33.1 Å². The normalized spacial score (nSPS) is 11.0. The summed E-state index contributed by atoms with van der Waals surface area (Å²) in [5.74, 6) is -0.338. The Morgan fingerprint density at radius 1 is 1.24 bits per heavy atom. The van der Waals surface area contributed by atoms with Crippen LogP contribution in [-0.2, 0) is 19.6 Å². The molecule has 0 bridgehead atoms. The van der Waals surface area contributed by atoms with E-state index < -0.39 is 22.5 Å². The first-order valence-electron chi connectivity index (χ1n) is 6.02. The second-order valence-electron chi connectivity index (χ2n) is 3.87. The summed E-state index contributed by atoms with van der Waals surface area (Å²) in [4.78, 5) is 11.0. The standard InChI is InChI=1S/C12H18N2O6S/c1-4-20-12(15)7-14-21(16,17)11-5-8(13)9(18-2)6-10(11)19-3/h5-6,14H,4,7,13H2,1-3H3. The molecule has 0 atom stereocenters. The average molecular weight is 318 g/mol. The lowest BCUT2D eigenvalue weighted by Gasteiger charge is -2.13. The number of esters is 1. The lowest BCUT2D eigenvalue weighted by molar-refractivity contribution is -0.141. The maximum atomic E-state index is 12.2. The molecule has 21 heavy (non-hydrogen) atoms. The number of nitrogens with one attached hydrogen (secondary N) is 1. The molecular formula is C12H18N2O6S. The molecule has 0 fully saturated rings. The van der Waals surface area contributed by atoms with Gasteiger partial charge in [-0.3, -0.25) is 4.79 Å². The van der Waals surface area contributed by atoms with Crippen molar-refractivity contribution in [3.63, 3.8) is 0 Å². The summed E-state index contributed by atoms with van der Waals surface area (Å²) in [5, 5.41) is 0. The minimum absolute atomic E-state index is 0.0532. The fourth-order valence-electron chi connectivity index (χ4n) is 1.55. The van der Waals surface area contributed by atoms with Crippen LogP contribution in [0.4, 0.5) is 5.69 Å². The summed E-state index contributed by atoms with van der Waals surface area (Å²) >= 11 is 0. The van der Waals surface area contributed by atoms with Gasteiger partial charge in [0.1, 0.15) is 22.9 Å². The monoisotopic (exact) mass is 318 g/mol. The van der Waals surface area contributed by atoms with Gasteiger partial charge >= 0.3 is 5.97 Å². The molecule has 0 heterocycles. The topological polar surface area (TPSA) is 117 Å². The third kappa shape index (κ3) is 4.23. The highest BCUT2D eigenvalue weighted by Crippen LogP contribution is 2.33. The highest BCUT2D eigenvalue weighted by molar-refractivity contribution is 7.89. The number of carbonyl (C=O) groups excluding carboxylic acids is 1. The van der Waals surface area contributed by atoms with Crippen LogP contribution in [0.1, 0.15) is 6.92 Å². The molecule has 1 rings (SSSR count). The van der Waals surface area contributed by atoms with E-state index in [9.17, 15) is 13.2 Å². The largest absolute Gasteiger partial charge is 0.495 e. The van der Waals surface area contributed by atoms with Crippen LogP contribution in [-0.4, -0.2) is 41.8 Å². The fourth-order valence-corrected chi connectivity index (χ4v) is 2.70. The highest BCUT2D eigenvalue weighted by atomic mass is 32.2. The summed E-state index contributed by atoms with van der Waals surface area (Å²) in [6, 6.07) is 2.55. The lowest BCUT2D eigenvalue weighted by Crippen LogP contribution is -2.31. The smallest absolute Gasteiger partial charge is 0.321 e. The van der Waals surface area contributed by atoms with Crippen molar-refractivity contribution in [3.8, 4) is 11.5 Å². The van der Waals surface area contributed by atoms with Crippen molar-refractivity contribution >= 4 is 21.7 Å². The summed E-state index contributed by atoms with van der Waals surface area (Å²) in [6.45, 7) is 1.31. The molecule has 0 spiro atoms. The molecule has 0 aliphatic rings. The lowest BCUT2D eigenvalue weighted by atomic mass is 10.3. The van der Waals surface area contributed by atoms with Crippen molar-refractivity contribution in [3.05, 3.63) is 12.1 Å². The maximum absolute atomic E-state index is 12.2. The number of ether oxygens (including phenoxy) is 3. The molecule has 0 saturated carbocycles. The summed E-state index contributed by atoms with van der Waals surface area (Å²) in [5.41, 5.74) is 5.83. The molecule has 3 N–H and O–H groups in total. The predicted octanol–water partition coefficient (Wildman–Crippen LogP) is 0.127. The SMILES string of the molecule is CCOC(=O)CNS(=O)(=O)c1cc(N)c(OC)cc1OC. The van der Waals surface area contributed by atoms with Gasteiger partial charge < -0.3 is 19.9 Å². The second kappa shape index (κ2) is 7.14. The third-order valence-electron chi connectivity index (χ3n) is 2.52. The van der Waals surface area contributed by atoms with Crippen LogP contribution in [0.3, 0.4) is 0 Å². The number of hydrogen-bond donors (Lipinski definition) is 2. The summed E-state index contributed by atoms with van der Waals surface area (Å²) < 4.78 is 41.1. The number of sulfonamides is 1. The first-order valence-corrected chi connectivity index (χ1v) is 7.50. The van der Waals surface area contributed by atoms with Gasteiger partial charge in [0.2, 0.25) is 10.0 Å². The number of rotatable bonds is 7. The van der Waals surface area contributed by atoms with E-state index in [4.69, 9.17) is 15.2 Å². The molecule has 0 radical (unpaired) electrons. The van der Waals surface area contributed by atoms with Crippen LogP contribution in [0, 0.1) is 0 Å². The van der Waals surface area contributed by atoms with Crippen LogP contribution in [0.25, 0.3) is 0 Å². The third-order valence-corrected chi connectivity index (χ3v) is 3.94. The van der Waals surface area contributed by atoms with Crippen LogP contribution < -0.4 is 19.9 Å². The first kappa shape index (κ1) is 17.1. The van der Waals surface area contributed by atoms with Crippen molar-refractivity contribution < 1.29 is 27.4 Å². The Morgan fingerprint density at radius 2 is 1.86 bits per heavy atom. The number of anilines is 1. The predicted molar refractivity (Wildman–Crippen MR) is 75.8 cm³/mol. The van der Waals surface area contributed by atoms with E-state index in [0.717, 1.165) is 0 Å². The van der Waals surface area contributed by atoms with Crippen LogP contribution in [0.5, 0.6) is 11.5 Å². The number of benzene rings is 1. The van der Waals surface area contributed by atoms with E-state index in [0.29, 0.717) is 0 Å². The van der Waals surface area contributed by atoms with E-state index in [1.54, 1.807) is 6.92 Å². The molecule has 0 unspecified atom stereocenters. The molecule has 1 aromatic rings. The van der Waals surface area contributed by atoms with Crippen molar-refractivity contribution in [2.45, 2.75) is 11.8 Å². The number of methoxy groups -OCH3 is 2.